The molecule has 1 saturated carbocycles. The first-order valence-electron chi connectivity index (χ1n) is 4.69. The predicted molar refractivity (Wildman–Crippen MR) is 49.4 cm³/mol. The standard InChI is InChI=1S/C10H19N/c1-2-3-7-10(11)8-9-5-4-6-9/h2,9-10H,1,3-8,11H2. The molecule has 0 radical (unpaired) electrons. The van der Waals surface area contributed by atoms with Crippen molar-refractivity contribution in [1.29, 1.82) is 0 Å². The van der Waals surface area contributed by atoms with E-state index in [1.165, 1.54) is 25.7 Å². The third-order valence-corrected chi connectivity index (χ3v) is 2.60. The fourth-order valence-electron chi connectivity index (χ4n) is 1.61. The maximum absolute atomic E-state index is 5.92. The van der Waals surface area contributed by atoms with Gasteiger partial charge in [-0.05, 0) is 25.2 Å². The Morgan fingerprint density at radius 1 is 1.55 bits per heavy atom. The van der Waals surface area contributed by atoms with Crippen molar-refractivity contribution in [3.8, 4) is 0 Å². The second-order valence-corrected chi connectivity index (χ2v) is 3.66. The van der Waals surface area contributed by atoms with Crippen LogP contribution < -0.4 is 5.73 Å². The normalized spacial score (nSPS) is 20.8. The molecule has 1 atom stereocenters. The molecule has 0 heterocycles. The molecule has 0 bridgehead atoms. The molecular weight excluding hydrogens is 134 g/mol. The highest BCUT2D eigenvalue weighted by Crippen LogP contribution is 2.30. The van der Waals surface area contributed by atoms with Gasteiger partial charge in [0.05, 0.1) is 0 Å². The Bertz CT molecular complexity index is 116. The van der Waals surface area contributed by atoms with Gasteiger partial charge >= 0.3 is 0 Å². The van der Waals surface area contributed by atoms with E-state index in [0.29, 0.717) is 6.04 Å². The minimum absolute atomic E-state index is 0.429. The molecule has 1 heteroatoms. The molecule has 1 unspecified atom stereocenters. The number of allylic oxidation sites excluding steroid dienone is 1. The van der Waals surface area contributed by atoms with Gasteiger partial charge in [0.2, 0.25) is 0 Å². The molecule has 1 aliphatic rings. The van der Waals surface area contributed by atoms with E-state index < -0.39 is 0 Å². The van der Waals surface area contributed by atoms with Crippen molar-refractivity contribution in [3.63, 3.8) is 0 Å². The quantitative estimate of drug-likeness (QED) is 0.603. The molecule has 2 N–H and O–H groups in total. The zero-order valence-electron chi connectivity index (χ0n) is 7.26. The Morgan fingerprint density at radius 2 is 2.27 bits per heavy atom. The Labute approximate surface area is 69.7 Å². The van der Waals surface area contributed by atoms with E-state index in [-0.39, 0.29) is 0 Å². The third kappa shape index (κ3) is 3.06. The topological polar surface area (TPSA) is 26.0 Å². The second-order valence-electron chi connectivity index (χ2n) is 3.66. The highest BCUT2D eigenvalue weighted by molar-refractivity contribution is 4.77. The minimum atomic E-state index is 0.429. The Morgan fingerprint density at radius 3 is 2.73 bits per heavy atom. The van der Waals surface area contributed by atoms with Crippen molar-refractivity contribution in [1.82, 2.24) is 0 Å². The first kappa shape index (κ1) is 8.79. The third-order valence-electron chi connectivity index (χ3n) is 2.60. The molecule has 1 aliphatic carbocycles. The average molecular weight is 153 g/mol. The largest absolute Gasteiger partial charge is 0.328 e. The molecule has 0 spiro atoms. The molecule has 0 saturated heterocycles. The van der Waals surface area contributed by atoms with E-state index in [4.69, 9.17) is 5.73 Å². The Hall–Kier alpha value is -0.300. The van der Waals surface area contributed by atoms with E-state index in [0.717, 1.165) is 18.8 Å². The molecular formula is C10H19N. The van der Waals surface area contributed by atoms with E-state index in [1.54, 1.807) is 0 Å². The van der Waals surface area contributed by atoms with Crippen molar-refractivity contribution in [2.24, 2.45) is 11.7 Å². The lowest BCUT2D eigenvalue weighted by atomic mass is 9.80. The summed E-state index contributed by atoms with van der Waals surface area (Å²) in [6.45, 7) is 3.69. The van der Waals surface area contributed by atoms with Crippen LogP contribution in [-0.2, 0) is 0 Å². The molecule has 1 fully saturated rings. The molecule has 1 nitrogen and oxygen atoms in total. The van der Waals surface area contributed by atoms with Gasteiger partial charge < -0.3 is 5.73 Å². The summed E-state index contributed by atoms with van der Waals surface area (Å²) in [4.78, 5) is 0. The van der Waals surface area contributed by atoms with Gasteiger partial charge in [-0.3, -0.25) is 0 Å². The lowest BCUT2D eigenvalue weighted by Crippen LogP contribution is -2.26. The van der Waals surface area contributed by atoms with Gasteiger partial charge in [-0.1, -0.05) is 25.3 Å². The molecule has 0 amide bonds. The molecule has 11 heavy (non-hydrogen) atoms. The van der Waals surface area contributed by atoms with Gasteiger partial charge in [0.1, 0.15) is 0 Å². The Kier molecular flexibility index (Phi) is 3.64. The van der Waals surface area contributed by atoms with Gasteiger partial charge in [-0.2, -0.15) is 0 Å². The fraction of sp³-hybridized carbons (Fsp3) is 0.800. The summed E-state index contributed by atoms with van der Waals surface area (Å²) in [6, 6.07) is 0.429. The maximum Gasteiger partial charge on any atom is 0.00444 e. The molecule has 0 aromatic rings. The number of rotatable bonds is 5. The van der Waals surface area contributed by atoms with Gasteiger partial charge in [0.25, 0.3) is 0 Å². The highest BCUT2D eigenvalue weighted by Gasteiger charge is 2.19. The zero-order valence-corrected chi connectivity index (χ0v) is 7.26. The maximum atomic E-state index is 5.92. The first-order valence-corrected chi connectivity index (χ1v) is 4.69. The van der Waals surface area contributed by atoms with Crippen molar-refractivity contribution in [3.05, 3.63) is 12.7 Å². The van der Waals surface area contributed by atoms with Crippen LogP contribution in [0, 0.1) is 5.92 Å². The lowest BCUT2D eigenvalue weighted by Gasteiger charge is -2.27. The number of hydrogen-bond donors (Lipinski definition) is 1. The van der Waals surface area contributed by atoms with Crippen molar-refractivity contribution in [2.75, 3.05) is 0 Å². The lowest BCUT2D eigenvalue weighted by molar-refractivity contribution is 0.272. The summed E-state index contributed by atoms with van der Waals surface area (Å²) >= 11 is 0. The zero-order chi connectivity index (χ0) is 8.10. The second kappa shape index (κ2) is 4.55. The van der Waals surface area contributed by atoms with Gasteiger partial charge in [-0.25, -0.2) is 0 Å². The van der Waals surface area contributed by atoms with E-state index >= 15 is 0 Å². The minimum Gasteiger partial charge on any atom is -0.328 e. The predicted octanol–water partition coefficient (Wildman–Crippen LogP) is 2.47. The van der Waals surface area contributed by atoms with Crippen LogP contribution in [0.3, 0.4) is 0 Å². The van der Waals surface area contributed by atoms with Crippen LogP contribution in [0.2, 0.25) is 0 Å². The van der Waals surface area contributed by atoms with Crippen molar-refractivity contribution >= 4 is 0 Å². The number of hydrogen-bond acceptors (Lipinski definition) is 1. The highest BCUT2D eigenvalue weighted by atomic mass is 14.6. The summed E-state index contributed by atoms with van der Waals surface area (Å²) in [5, 5.41) is 0. The summed E-state index contributed by atoms with van der Waals surface area (Å²) in [7, 11) is 0. The van der Waals surface area contributed by atoms with Crippen LogP contribution in [-0.4, -0.2) is 6.04 Å². The van der Waals surface area contributed by atoms with Crippen LogP contribution in [0.1, 0.15) is 38.5 Å². The molecule has 0 aliphatic heterocycles. The van der Waals surface area contributed by atoms with E-state index in [2.05, 4.69) is 6.58 Å². The van der Waals surface area contributed by atoms with Crippen LogP contribution in [0.4, 0.5) is 0 Å². The first-order chi connectivity index (χ1) is 5.33. The summed E-state index contributed by atoms with van der Waals surface area (Å²) in [6.07, 6.45) is 9.67. The monoisotopic (exact) mass is 153 g/mol. The molecule has 0 aromatic heterocycles. The van der Waals surface area contributed by atoms with Crippen LogP contribution in [0.25, 0.3) is 0 Å². The molecule has 1 rings (SSSR count). The van der Waals surface area contributed by atoms with E-state index in [9.17, 15) is 0 Å². The average Bonchev–Trinajstić information content (AvgIpc) is 1.93. The molecule has 0 aromatic carbocycles. The van der Waals surface area contributed by atoms with Gasteiger partial charge in [0.15, 0.2) is 0 Å². The fourth-order valence-corrected chi connectivity index (χ4v) is 1.61. The van der Waals surface area contributed by atoms with Crippen LogP contribution >= 0.6 is 0 Å². The Balaban J connectivity index is 1.99. The van der Waals surface area contributed by atoms with Gasteiger partial charge in [-0.15, -0.1) is 6.58 Å². The summed E-state index contributed by atoms with van der Waals surface area (Å²) < 4.78 is 0. The summed E-state index contributed by atoms with van der Waals surface area (Å²) in [5.41, 5.74) is 5.92. The smallest absolute Gasteiger partial charge is 0.00444 e. The summed E-state index contributed by atoms with van der Waals surface area (Å²) in [5.74, 6) is 0.954. The van der Waals surface area contributed by atoms with Crippen molar-refractivity contribution < 1.29 is 0 Å². The van der Waals surface area contributed by atoms with Crippen molar-refractivity contribution in [2.45, 2.75) is 44.6 Å². The SMILES string of the molecule is C=CCCC(N)CC1CCC1. The van der Waals surface area contributed by atoms with Crippen LogP contribution in [0.15, 0.2) is 12.7 Å². The van der Waals surface area contributed by atoms with Crippen LogP contribution in [0.5, 0.6) is 0 Å². The molecule has 64 valence electrons. The van der Waals surface area contributed by atoms with Gasteiger partial charge in [0, 0.05) is 6.04 Å². The number of nitrogens with two attached hydrogens (primary N) is 1. The van der Waals surface area contributed by atoms with E-state index in [1.807, 2.05) is 6.08 Å².